The summed E-state index contributed by atoms with van der Waals surface area (Å²) < 4.78 is 0. The minimum absolute atomic E-state index is 0. The Kier molecular flexibility index (Phi) is 30.7. The van der Waals surface area contributed by atoms with E-state index in [2.05, 4.69) is 19.1 Å². The number of aliphatic carboxylic acids is 1. The Balaban J connectivity index is -0.000000209. The van der Waals surface area contributed by atoms with Crippen molar-refractivity contribution in [3.05, 3.63) is 12.2 Å². The van der Waals surface area contributed by atoms with Gasteiger partial charge >= 0.3 is 49.9 Å². The number of allylic oxidation sites excluding steroid dienone is 2. The Morgan fingerprint density at radius 1 is 0.720 bits per heavy atom. The van der Waals surface area contributed by atoms with E-state index in [1.807, 2.05) is 0 Å². The number of carbonyl (C=O) groups is 2. The maximum atomic E-state index is 10.3. The Morgan fingerprint density at radius 2 is 1.08 bits per heavy atom. The third-order valence-corrected chi connectivity index (χ3v) is 3.65. The smallest absolute Gasteiger partial charge is 1.00 e. The van der Waals surface area contributed by atoms with Crippen molar-refractivity contribution in [1.29, 1.82) is 0 Å². The minimum Gasteiger partial charge on any atom is -1.00 e. The molecule has 0 aliphatic rings. The van der Waals surface area contributed by atoms with Crippen LogP contribution in [0.2, 0.25) is 0 Å². The van der Waals surface area contributed by atoms with Crippen LogP contribution in [0.5, 0.6) is 0 Å². The summed E-state index contributed by atoms with van der Waals surface area (Å²) in [5, 5.41) is 22.5. The summed E-state index contributed by atoms with van der Waals surface area (Å²) >= 11 is 0. The number of rotatable bonds is 15. The molecule has 0 bridgehead atoms. The van der Waals surface area contributed by atoms with Crippen molar-refractivity contribution in [2.45, 2.75) is 96.8 Å². The molecule has 146 valence electrons. The van der Waals surface area contributed by atoms with Gasteiger partial charge in [0.1, 0.15) is 0 Å². The van der Waals surface area contributed by atoms with E-state index < -0.39 is 12.1 Å². The van der Waals surface area contributed by atoms with Crippen LogP contribution in [0.1, 0.15) is 99.7 Å². The van der Waals surface area contributed by atoms with Gasteiger partial charge in [-0.1, -0.05) is 70.4 Å². The molecule has 3 N–H and O–H groups in total. The van der Waals surface area contributed by atoms with E-state index in [-0.39, 0.29) is 40.6 Å². The first-order valence-electron chi connectivity index (χ1n) is 9.29. The molecule has 5 nitrogen and oxygen atoms in total. The standard InChI is InChI=1S/C18H34O2.CH2O3.Ca.2H/c1-2-3-4-5-6-7-8-9-10-11-12-13-14-15-16-17-18(19)20;2-1(3)4;;;/h9-10H,2-8,11-17H2,1H3,(H,19,20);(H2,2,3,4);;;/q;;+2;2*-1/b10-9-;;;;. The average Bonchev–Trinajstić information content (AvgIpc) is 2.50. The molecule has 0 aliphatic heterocycles. The molecule has 0 atom stereocenters. The summed E-state index contributed by atoms with van der Waals surface area (Å²) in [6, 6.07) is 0. The van der Waals surface area contributed by atoms with Gasteiger partial charge in [0, 0.05) is 6.42 Å². The van der Waals surface area contributed by atoms with Gasteiger partial charge in [0.25, 0.3) is 0 Å². The Labute approximate surface area is 185 Å². The van der Waals surface area contributed by atoms with Crippen LogP contribution in [-0.4, -0.2) is 65.2 Å². The van der Waals surface area contributed by atoms with Crippen molar-refractivity contribution in [2.24, 2.45) is 0 Å². The molecule has 0 unspecified atom stereocenters. The van der Waals surface area contributed by atoms with Crippen molar-refractivity contribution in [2.75, 3.05) is 0 Å². The molecule has 25 heavy (non-hydrogen) atoms. The van der Waals surface area contributed by atoms with Gasteiger partial charge in [0.2, 0.25) is 0 Å². The van der Waals surface area contributed by atoms with E-state index in [1.165, 1.54) is 70.6 Å². The third kappa shape index (κ3) is 40.0. The molecule has 0 aromatic rings. The van der Waals surface area contributed by atoms with E-state index in [4.69, 9.17) is 20.1 Å². The minimum atomic E-state index is -1.83. The fourth-order valence-corrected chi connectivity index (χ4v) is 2.35. The van der Waals surface area contributed by atoms with E-state index in [0.29, 0.717) is 6.42 Å². The zero-order chi connectivity index (χ0) is 18.5. The molecule has 6 heteroatoms. The molecule has 0 heterocycles. The molecule has 0 amide bonds. The maximum Gasteiger partial charge on any atom is 2.00 e. The molecule has 0 aliphatic carbocycles. The van der Waals surface area contributed by atoms with Crippen LogP contribution in [0.25, 0.3) is 0 Å². The van der Waals surface area contributed by atoms with Gasteiger partial charge in [-0.05, 0) is 32.1 Å². The number of carboxylic acids is 1. The Morgan fingerprint density at radius 3 is 1.48 bits per heavy atom. The van der Waals surface area contributed by atoms with Crippen LogP contribution in [0.15, 0.2) is 12.2 Å². The second-order valence-electron chi connectivity index (χ2n) is 6.01. The SMILES string of the molecule is CCCCCCCC/C=C\CCCCCCCC(=O)O.O=C(O)O.[Ca+2].[H-].[H-]. The number of carboxylic acid groups (broad SMARTS) is 3. The normalized spacial score (nSPS) is 9.96. The molecule has 0 radical (unpaired) electrons. The summed E-state index contributed by atoms with van der Waals surface area (Å²) in [7, 11) is 0. The summed E-state index contributed by atoms with van der Waals surface area (Å²) in [6.07, 6.45) is 19.4. The van der Waals surface area contributed by atoms with Gasteiger partial charge in [-0.3, -0.25) is 4.79 Å². The van der Waals surface area contributed by atoms with Crippen LogP contribution in [0, 0.1) is 0 Å². The van der Waals surface area contributed by atoms with Crippen LogP contribution < -0.4 is 0 Å². The van der Waals surface area contributed by atoms with Gasteiger partial charge in [-0.25, -0.2) is 4.79 Å². The van der Waals surface area contributed by atoms with E-state index in [9.17, 15) is 4.79 Å². The zero-order valence-electron chi connectivity index (χ0n) is 17.9. The van der Waals surface area contributed by atoms with Crippen LogP contribution >= 0.6 is 0 Å². The molecular weight excluding hydrogens is 348 g/mol. The van der Waals surface area contributed by atoms with Gasteiger partial charge in [0.05, 0.1) is 0 Å². The second-order valence-corrected chi connectivity index (χ2v) is 6.01. The van der Waals surface area contributed by atoms with E-state index in [1.54, 1.807) is 0 Å². The maximum absolute atomic E-state index is 10.3. The summed E-state index contributed by atoms with van der Waals surface area (Å²) in [5.74, 6) is -0.664. The van der Waals surface area contributed by atoms with E-state index >= 15 is 0 Å². The van der Waals surface area contributed by atoms with Crippen molar-refractivity contribution in [1.82, 2.24) is 0 Å². The summed E-state index contributed by atoms with van der Waals surface area (Å²) in [5.41, 5.74) is 0. The van der Waals surface area contributed by atoms with Gasteiger partial charge in [-0.15, -0.1) is 0 Å². The second kappa shape index (κ2) is 26.0. The van der Waals surface area contributed by atoms with Crippen molar-refractivity contribution < 1.29 is 27.8 Å². The monoisotopic (exact) mass is 386 g/mol. The van der Waals surface area contributed by atoms with Gasteiger partial charge in [-0.2, -0.15) is 0 Å². The molecule has 0 saturated heterocycles. The van der Waals surface area contributed by atoms with Crippen LogP contribution in [0.3, 0.4) is 0 Å². The van der Waals surface area contributed by atoms with Crippen molar-refractivity contribution in [3.8, 4) is 0 Å². The first-order valence-corrected chi connectivity index (χ1v) is 9.29. The predicted octanol–water partition coefficient (Wildman–Crippen LogP) is 6.18. The van der Waals surface area contributed by atoms with Crippen molar-refractivity contribution >= 4 is 49.9 Å². The van der Waals surface area contributed by atoms with Crippen LogP contribution in [-0.2, 0) is 4.79 Å². The summed E-state index contributed by atoms with van der Waals surface area (Å²) in [6.45, 7) is 2.26. The number of hydrogen-bond acceptors (Lipinski definition) is 2. The molecule has 0 spiro atoms. The van der Waals surface area contributed by atoms with E-state index in [0.717, 1.165) is 12.8 Å². The first-order chi connectivity index (χ1) is 11.5. The molecule has 0 saturated carbocycles. The van der Waals surface area contributed by atoms with Crippen molar-refractivity contribution in [3.63, 3.8) is 0 Å². The molecule has 0 aromatic heterocycles. The average molecular weight is 387 g/mol. The zero-order valence-corrected chi connectivity index (χ0v) is 18.1. The largest absolute Gasteiger partial charge is 2.00 e. The number of unbranched alkanes of at least 4 members (excludes halogenated alkanes) is 11. The topological polar surface area (TPSA) is 94.8 Å². The fourth-order valence-electron chi connectivity index (χ4n) is 2.35. The Hall–Kier alpha value is -0.260. The molecule has 0 rings (SSSR count). The first kappa shape index (κ1) is 29.5. The van der Waals surface area contributed by atoms with Gasteiger partial charge in [0.15, 0.2) is 0 Å². The quantitative estimate of drug-likeness (QED) is 0.177. The molecular formula is C19H38CaO5. The summed E-state index contributed by atoms with van der Waals surface area (Å²) in [4.78, 5) is 18.9. The van der Waals surface area contributed by atoms with Crippen LogP contribution in [0.4, 0.5) is 4.79 Å². The third-order valence-electron chi connectivity index (χ3n) is 3.65. The predicted molar refractivity (Wildman–Crippen MR) is 106 cm³/mol. The molecule has 0 aromatic carbocycles. The molecule has 0 fully saturated rings. The fraction of sp³-hybridized carbons (Fsp3) is 0.789. The Bertz CT molecular complexity index is 325. The van der Waals surface area contributed by atoms with Gasteiger partial charge < -0.3 is 18.2 Å². The number of hydrogen-bond donors (Lipinski definition) is 3.